The maximum Gasteiger partial charge on any atom is 0.331 e. The third-order valence-electron chi connectivity index (χ3n) is 3.85. The van der Waals surface area contributed by atoms with Gasteiger partial charge in [0.25, 0.3) is 0 Å². The van der Waals surface area contributed by atoms with E-state index in [4.69, 9.17) is 4.74 Å². The van der Waals surface area contributed by atoms with Crippen LogP contribution in [0.4, 0.5) is 0 Å². The number of benzene rings is 1. The minimum atomic E-state index is -3.11. The van der Waals surface area contributed by atoms with Crippen LogP contribution in [0.5, 0.6) is 0 Å². The second-order valence-corrected chi connectivity index (χ2v) is 8.28. The summed E-state index contributed by atoms with van der Waals surface area (Å²) in [6.45, 7) is 1.65. The van der Waals surface area contributed by atoms with E-state index in [2.05, 4.69) is 5.10 Å². The Hall–Kier alpha value is -2.41. The molecule has 24 heavy (non-hydrogen) atoms. The molecular formula is C17H18N2O4S. The molecule has 0 spiro atoms. The first-order valence-corrected chi connectivity index (χ1v) is 9.39. The molecule has 126 valence electrons. The van der Waals surface area contributed by atoms with E-state index in [1.165, 1.54) is 6.08 Å². The summed E-state index contributed by atoms with van der Waals surface area (Å²) in [5.74, 6) is -0.613. The van der Waals surface area contributed by atoms with Crippen LogP contribution in [0, 0.1) is 0 Å². The summed E-state index contributed by atoms with van der Waals surface area (Å²) in [6.07, 6.45) is 6.66. The first kappa shape index (κ1) is 16.4. The van der Waals surface area contributed by atoms with Crippen molar-refractivity contribution in [3.8, 4) is 5.69 Å². The normalized spacial score (nSPS) is 22.7. The van der Waals surface area contributed by atoms with Crippen LogP contribution in [0.3, 0.4) is 0 Å². The van der Waals surface area contributed by atoms with Gasteiger partial charge in [-0.25, -0.2) is 17.9 Å². The van der Waals surface area contributed by atoms with E-state index in [0.29, 0.717) is 6.42 Å². The van der Waals surface area contributed by atoms with Gasteiger partial charge < -0.3 is 4.74 Å². The van der Waals surface area contributed by atoms with Gasteiger partial charge in [-0.15, -0.1) is 0 Å². The maximum absolute atomic E-state index is 11.9. The predicted octanol–water partition coefficient (Wildman–Crippen LogP) is 2.01. The molecule has 1 aliphatic heterocycles. The average molecular weight is 346 g/mol. The van der Waals surface area contributed by atoms with Crippen LogP contribution in [-0.2, 0) is 19.4 Å². The van der Waals surface area contributed by atoms with Gasteiger partial charge in [0.05, 0.1) is 23.4 Å². The molecule has 1 aliphatic rings. The number of rotatable bonds is 4. The fourth-order valence-electron chi connectivity index (χ4n) is 2.65. The fourth-order valence-corrected chi connectivity index (χ4v) is 4.67. The standard InChI is InChI=1S/C17H18N2O4S/c1-17(9-10-24(21,22)13-17)23-16(20)8-7-14-11-18-19(12-14)15-5-3-2-4-6-15/h2-8,11-12H,9-10,13H2,1H3. The zero-order valence-corrected chi connectivity index (χ0v) is 14.1. The highest BCUT2D eigenvalue weighted by Gasteiger charge is 2.41. The number of sulfone groups is 1. The summed E-state index contributed by atoms with van der Waals surface area (Å²) in [5.41, 5.74) is 0.734. The predicted molar refractivity (Wildman–Crippen MR) is 90.4 cm³/mol. The molecule has 1 saturated heterocycles. The SMILES string of the molecule is CC1(OC(=O)C=Cc2cnn(-c3ccccc3)c2)CCS(=O)(=O)C1. The topological polar surface area (TPSA) is 78.3 Å². The molecule has 0 bridgehead atoms. The molecule has 0 radical (unpaired) electrons. The molecule has 2 heterocycles. The molecule has 1 unspecified atom stereocenters. The summed E-state index contributed by atoms with van der Waals surface area (Å²) in [7, 11) is -3.11. The molecule has 1 aromatic heterocycles. The van der Waals surface area contributed by atoms with E-state index < -0.39 is 21.4 Å². The van der Waals surface area contributed by atoms with Crippen LogP contribution in [0.15, 0.2) is 48.8 Å². The van der Waals surface area contributed by atoms with Crippen LogP contribution in [-0.4, -0.2) is 41.3 Å². The monoisotopic (exact) mass is 346 g/mol. The Morgan fingerprint density at radius 1 is 1.33 bits per heavy atom. The molecule has 0 saturated carbocycles. The van der Waals surface area contributed by atoms with E-state index in [1.54, 1.807) is 30.1 Å². The minimum absolute atomic E-state index is 0.0599. The Morgan fingerprint density at radius 2 is 2.08 bits per heavy atom. The molecule has 0 N–H and O–H groups in total. The van der Waals surface area contributed by atoms with E-state index in [0.717, 1.165) is 11.3 Å². The van der Waals surface area contributed by atoms with Crippen LogP contribution < -0.4 is 0 Å². The third kappa shape index (κ3) is 3.91. The summed E-state index contributed by atoms with van der Waals surface area (Å²) in [5, 5.41) is 4.23. The average Bonchev–Trinajstić information content (AvgIpc) is 3.10. The molecule has 0 amide bonds. The van der Waals surface area contributed by atoms with Gasteiger partial charge in [0, 0.05) is 24.3 Å². The second kappa shape index (κ2) is 6.24. The molecule has 7 heteroatoms. The van der Waals surface area contributed by atoms with Gasteiger partial charge in [-0.2, -0.15) is 5.10 Å². The summed E-state index contributed by atoms with van der Waals surface area (Å²) < 4.78 is 30.1. The molecular weight excluding hydrogens is 328 g/mol. The van der Waals surface area contributed by atoms with E-state index in [9.17, 15) is 13.2 Å². The van der Waals surface area contributed by atoms with E-state index >= 15 is 0 Å². The number of para-hydroxylation sites is 1. The van der Waals surface area contributed by atoms with Gasteiger partial charge in [0.15, 0.2) is 9.84 Å². The van der Waals surface area contributed by atoms with Gasteiger partial charge in [0.1, 0.15) is 5.60 Å². The lowest BCUT2D eigenvalue weighted by atomic mass is 10.1. The quantitative estimate of drug-likeness (QED) is 0.625. The first-order chi connectivity index (χ1) is 11.4. The van der Waals surface area contributed by atoms with Gasteiger partial charge in [-0.3, -0.25) is 0 Å². The number of hydrogen-bond donors (Lipinski definition) is 0. The smallest absolute Gasteiger partial charge is 0.331 e. The largest absolute Gasteiger partial charge is 0.455 e. The highest BCUT2D eigenvalue weighted by atomic mass is 32.2. The van der Waals surface area contributed by atoms with Gasteiger partial charge in [0.2, 0.25) is 0 Å². The van der Waals surface area contributed by atoms with Crippen molar-refractivity contribution in [3.05, 3.63) is 54.4 Å². The molecule has 6 nitrogen and oxygen atoms in total. The number of nitrogens with zero attached hydrogens (tertiary/aromatic N) is 2. The Balaban J connectivity index is 1.64. The highest BCUT2D eigenvalue weighted by molar-refractivity contribution is 7.91. The number of carbonyl (C=O) groups excluding carboxylic acids is 1. The van der Waals surface area contributed by atoms with E-state index in [1.807, 2.05) is 30.3 Å². The Labute approximate surface area is 140 Å². The van der Waals surface area contributed by atoms with Crippen molar-refractivity contribution < 1.29 is 17.9 Å². The number of carbonyl (C=O) groups is 1. The van der Waals surface area contributed by atoms with Crippen LogP contribution in [0.1, 0.15) is 18.9 Å². The number of hydrogen-bond acceptors (Lipinski definition) is 5. The maximum atomic E-state index is 11.9. The molecule has 1 fully saturated rings. The van der Waals surface area contributed by atoms with Crippen molar-refractivity contribution in [2.75, 3.05) is 11.5 Å². The first-order valence-electron chi connectivity index (χ1n) is 7.57. The Kier molecular flexibility index (Phi) is 4.28. The highest BCUT2D eigenvalue weighted by Crippen LogP contribution is 2.27. The van der Waals surface area contributed by atoms with Crippen molar-refractivity contribution in [3.63, 3.8) is 0 Å². The minimum Gasteiger partial charge on any atom is -0.455 e. The summed E-state index contributed by atoms with van der Waals surface area (Å²) >= 11 is 0. The second-order valence-electron chi connectivity index (χ2n) is 6.10. The number of ether oxygens (including phenoxy) is 1. The van der Waals surface area contributed by atoms with Gasteiger partial charge >= 0.3 is 5.97 Å². The van der Waals surface area contributed by atoms with Gasteiger partial charge in [-0.1, -0.05) is 18.2 Å². The van der Waals surface area contributed by atoms with Crippen molar-refractivity contribution in [1.29, 1.82) is 0 Å². The van der Waals surface area contributed by atoms with Crippen molar-refractivity contribution in [2.45, 2.75) is 18.9 Å². The Morgan fingerprint density at radius 3 is 2.75 bits per heavy atom. The van der Waals surface area contributed by atoms with Crippen molar-refractivity contribution >= 4 is 21.9 Å². The lowest BCUT2D eigenvalue weighted by Gasteiger charge is -2.21. The molecule has 1 aromatic carbocycles. The third-order valence-corrected chi connectivity index (χ3v) is 5.73. The molecule has 1 atom stereocenters. The molecule has 0 aliphatic carbocycles. The number of esters is 1. The summed E-state index contributed by atoms with van der Waals surface area (Å²) in [6, 6.07) is 9.61. The lowest BCUT2D eigenvalue weighted by Crippen LogP contribution is -2.32. The zero-order valence-electron chi connectivity index (χ0n) is 13.3. The van der Waals surface area contributed by atoms with Crippen molar-refractivity contribution in [2.24, 2.45) is 0 Å². The van der Waals surface area contributed by atoms with Gasteiger partial charge in [-0.05, 0) is 25.1 Å². The lowest BCUT2D eigenvalue weighted by molar-refractivity contribution is -0.149. The Bertz CT molecular complexity index is 871. The molecule has 3 rings (SSSR count). The van der Waals surface area contributed by atoms with Crippen LogP contribution in [0.2, 0.25) is 0 Å². The van der Waals surface area contributed by atoms with E-state index in [-0.39, 0.29) is 11.5 Å². The zero-order chi connectivity index (χ0) is 17.2. The van der Waals surface area contributed by atoms with Crippen molar-refractivity contribution in [1.82, 2.24) is 9.78 Å². The van der Waals surface area contributed by atoms with Crippen LogP contribution >= 0.6 is 0 Å². The molecule has 2 aromatic rings. The fraction of sp³-hybridized carbons (Fsp3) is 0.294. The summed E-state index contributed by atoms with van der Waals surface area (Å²) in [4.78, 5) is 11.9. The van der Waals surface area contributed by atoms with Crippen LogP contribution in [0.25, 0.3) is 11.8 Å². The number of aromatic nitrogens is 2.